The molecule has 0 aliphatic rings. The Labute approximate surface area is 159 Å². The van der Waals surface area contributed by atoms with Gasteiger partial charge in [-0.1, -0.05) is 23.4 Å². The van der Waals surface area contributed by atoms with Gasteiger partial charge in [0.25, 0.3) is 11.8 Å². The van der Waals surface area contributed by atoms with Crippen molar-refractivity contribution in [2.75, 3.05) is 13.7 Å². The van der Waals surface area contributed by atoms with Crippen molar-refractivity contribution in [3.05, 3.63) is 65.8 Å². The van der Waals surface area contributed by atoms with E-state index in [9.17, 15) is 14.0 Å². The quantitative estimate of drug-likeness (QED) is 0.623. The van der Waals surface area contributed by atoms with Crippen molar-refractivity contribution < 1.29 is 28.0 Å². The summed E-state index contributed by atoms with van der Waals surface area (Å²) in [6.45, 7) is -0.639. The molecule has 2 aromatic carbocycles. The summed E-state index contributed by atoms with van der Waals surface area (Å²) in [6, 6.07) is 12.2. The van der Waals surface area contributed by atoms with Crippen LogP contribution in [0.5, 0.6) is 5.75 Å². The highest BCUT2D eigenvalue weighted by molar-refractivity contribution is 5.95. The zero-order valence-electron chi connectivity index (χ0n) is 14.8. The van der Waals surface area contributed by atoms with Gasteiger partial charge in [-0.3, -0.25) is 9.59 Å². The van der Waals surface area contributed by atoms with Gasteiger partial charge in [0.15, 0.2) is 6.61 Å². The number of para-hydroxylation sites is 1. The van der Waals surface area contributed by atoms with E-state index in [2.05, 4.69) is 15.5 Å². The van der Waals surface area contributed by atoms with Gasteiger partial charge in [-0.05, 0) is 30.3 Å². The number of ether oxygens (including phenoxy) is 2. The van der Waals surface area contributed by atoms with Crippen molar-refractivity contribution in [2.45, 2.75) is 6.61 Å². The topological polar surface area (TPSA) is 104 Å². The van der Waals surface area contributed by atoms with E-state index in [-0.39, 0.29) is 24.6 Å². The maximum absolute atomic E-state index is 13.1. The van der Waals surface area contributed by atoms with Gasteiger partial charge in [-0.25, -0.2) is 4.39 Å². The molecule has 28 heavy (non-hydrogen) atoms. The van der Waals surface area contributed by atoms with Crippen LogP contribution in [-0.2, 0) is 16.1 Å². The number of benzene rings is 2. The molecule has 3 rings (SSSR count). The number of esters is 1. The molecule has 0 aliphatic carbocycles. The number of hydrogen-bond donors (Lipinski definition) is 1. The minimum absolute atomic E-state index is 0.0886. The monoisotopic (exact) mass is 385 g/mol. The lowest BCUT2D eigenvalue weighted by Gasteiger charge is -2.05. The number of aromatic nitrogens is 2. The minimum Gasteiger partial charge on any atom is -0.496 e. The molecule has 0 bridgehead atoms. The van der Waals surface area contributed by atoms with Gasteiger partial charge in [0, 0.05) is 5.56 Å². The molecule has 0 spiro atoms. The van der Waals surface area contributed by atoms with Gasteiger partial charge in [0.05, 0.1) is 12.7 Å². The molecule has 1 N–H and O–H groups in total. The predicted octanol–water partition coefficient (Wildman–Crippen LogP) is 2.36. The molecule has 1 amide bonds. The van der Waals surface area contributed by atoms with Crippen molar-refractivity contribution in [3.8, 4) is 17.1 Å². The highest BCUT2D eigenvalue weighted by atomic mass is 19.1. The van der Waals surface area contributed by atoms with Crippen LogP contribution < -0.4 is 10.1 Å². The number of methoxy groups -OCH3 is 1. The van der Waals surface area contributed by atoms with E-state index in [0.29, 0.717) is 17.1 Å². The van der Waals surface area contributed by atoms with Crippen LogP contribution in [-0.4, -0.2) is 35.7 Å². The van der Waals surface area contributed by atoms with Crippen LogP contribution in [0.1, 0.15) is 16.2 Å². The van der Waals surface area contributed by atoms with E-state index in [0.717, 1.165) is 6.07 Å². The van der Waals surface area contributed by atoms with Crippen LogP contribution in [0.15, 0.2) is 53.1 Å². The van der Waals surface area contributed by atoms with Crippen LogP contribution >= 0.6 is 0 Å². The summed E-state index contributed by atoms with van der Waals surface area (Å²) in [7, 11) is 1.53. The third-order valence-corrected chi connectivity index (χ3v) is 3.65. The second-order valence-corrected chi connectivity index (χ2v) is 5.57. The van der Waals surface area contributed by atoms with E-state index in [4.69, 9.17) is 14.0 Å². The van der Waals surface area contributed by atoms with Crippen molar-refractivity contribution in [1.82, 2.24) is 15.5 Å². The fraction of sp³-hybridized carbons (Fsp3) is 0.158. The van der Waals surface area contributed by atoms with E-state index in [1.54, 1.807) is 18.2 Å². The van der Waals surface area contributed by atoms with Crippen molar-refractivity contribution in [3.63, 3.8) is 0 Å². The Kier molecular flexibility index (Phi) is 5.95. The van der Waals surface area contributed by atoms with Crippen molar-refractivity contribution in [1.29, 1.82) is 0 Å². The Morgan fingerprint density at radius 3 is 2.79 bits per heavy atom. The average Bonchev–Trinajstić information content (AvgIpc) is 3.19. The highest BCUT2D eigenvalue weighted by Crippen LogP contribution is 2.27. The lowest BCUT2D eigenvalue weighted by atomic mass is 10.2. The molecular formula is C19H16FN3O5. The number of carbonyl (C=O) groups excluding carboxylic acids is 2. The van der Waals surface area contributed by atoms with Crippen LogP contribution in [0.2, 0.25) is 0 Å². The maximum Gasteiger partial charge on any atom is 0.325 e. The number of amides is 1. The second-order valence-electron chi connectivity index (χ2n) is 5.57. The first-order valence-corrected chi connectivity index (χ1v) is 8.22. The summed E-state index contributed by atoms with van der Waals surface area (Å²) in [5.41, 5.74) is 0.736. The smallest absolute Gasteiger partial charge is 0.325 e. The third-order valence-electron chi connectivity index (χ3n) is 3.65. The largest absolute Gasteiger partial charge is 0.496 e. The SMILES string of the molecule is COc1ccccc1-c1noc(COC(=O)CNC(=O)c2cccc(F)c2)n1. The molecule has 1 heterocycles. The first-order valence-electron chi connectivity index (χ1n) is 8.22. The van der Waals surface area contributed by atoms with E-state index in [1.165, 1.54) is 25.3 Å². The second kappa shape index (κ2) is 8.76. The first-order chi connectivity index (χ1) is 13.6. The number of carbonyl (C=O) groups is 2. The van der Waals surface area contributed by atoms with Crippen molar-refractivity contribution in [2.24, 2.45) is 0 Å². The number of nitrogens with one attached hydrogen (secondary N) is 1. The third kappa shape index (κ3) is 4.70. The molecule has 0 saturated carbocycles. The lowest BCUT2D eigenvalue weighted by molar-refractivity contribution is -0.144. The van der Waals surface area contributed by atoms with Gasteiger partial charge >= 0.3 is 5.97 Å². The van der Waals surface area contributed by atoms with Crippen LogP contribution in [0, 0.1) is 5.82 Å². The maximum atomic E-state index is 13.1. The Bertz CT molecular complexity index is 989. The lowest BCUT2D eigenvalue weighted by Crippen LogP contribution is -2.30. The fourth-order valence-corrected chi connectivity index (χ4v) is 2.33. The number of halogens is 1. The number of hydrogen-bond acceptors (Lipinski definition) is 7. The molecule has 0 aliphatic heterocycles. The van der Waals surface area contributed by atoms with Gasteiger partial charge < -0.3 is 19.3 Å². The van der Waals surface area contributed by atoms with Crippen LogP contribution in [0.4, 0.5) is 4.39 Å². The molecular weight excluding hydrogens is 369 g/mol. The zero-order chi connectivity index (χ0) is 19.9. The molecule has 0 radical (unpaired) electrons. The van der Waals surface area contributed by atoms with Gasteiger partial charge in [0.2, 0.25) is 5.82 Å². The molecule has 0 unspecified atom stereocenters. The molecule has 144 valence electrons. The van der Waals surface area contributed by atoms with E-state index < -0.39 is 17.7 Å². The minimum atomic E-state index is -0.707. The van der Waals surface area contributed by atoms with Gasteiger partial charge in [-0.15, -0.1) is 0 Å². The van der Waals surface area contributed by atoms with Crippen LogP contribution in [0.3, 0.4) is 0 Å². The molecule has 0 atom stereocenters. The van der Waals surface area contributed by atoms with E-state index in [1.807, 2.05) is 6.07 Å². The van der Waals surface area contributed by atoms with Crippen molar-refractivity contribution >= 4 is 11.9 Å². The molecule has 8 nitrogen and oxygen atoms in total. The number of nitrogens with zero attached hydrogens (tertiary/aromatic N) is 2. The highest BCUT2D eigenvalue weighted by Gasteiger charge is 2.15. The van der Waals surface area contributed by atoms with E-state index >= 15 is 0 Å². The summed E-state index contributed by atoms with van der Waals surface area (Å²) in [6.07, 6.45) is 0. The molecule has 9 heteroatoms. The first kappa shape index (κ1) is 19.0. The summed E-state index contributed by atoms with van der Waals surface area (Å²) < 4.78 is 28.4. The molecule has 3 aromatic rings. The summed E-state index contributed by atoms with van der Waals surface area (Å²) >= 11 is 0. The Hall–Kier alpha value is -3.75. The Morgan fingerprint density at radius 1 is 1.18 bits per heavy atom. The predicted molar refractivity (Wildman–Crippen MR) is 94.8 cm³/mol. The summed E-state index contributed by atoms with van der Waals surface area (Å²) in [5.74, 6) is -0.882. The Morgan fingerprint density at radius 2 is 2.00 bits per heavy atom. The summed E-state index contributed by atoms with van der Waals surface area (Å²) in [5, 5.41) is 6.18. The molecule has 1 aromatic heterocycles. The number of rotatable bonds is 7. The van der Waals surface area contributed by atoms with Gasteiger partial charge in [-0.2, -0.15) is 4.98 Å². The molecule has 0 fully saturated rings. The van der Waals surface area contributed by atoms with Gasteiger partial charge in [0.1, 0.15) is 18.1 Å². The Balaban J connectivity index is 1.51. The fourth-order valence-electron chi connectivity index (χ4n) is 2.33. The summed E-state index contributed by atoms with van der Waals surface area (Å²) in [4.78, 5) is 27.8. The zero-order valence-corrected chi connectivity index (χ0v) is 14.8. The standard InChI is InChI=1S/C19H16FN3O5/c1-26-15-8-3-2-7-14(15)18-22-16(28-23-18)11-27-17(24)10-21-19(25)12-5-4-6-13(20)9-12/h2-9H,10-11H2,1H3,(H,21,25). The average molecular weight is 385 g/mol. The normalized spacial score (nSPS) is 10.4. The van der Waals surface area contributed by atoms with Crippen LogP contribution in [0.25, 0.3) is 11.4 Å². The molecule has 0 saturated heterocycles.